The number of hydrogen-bond donors (Lipinski definition) is 2. The molecule has 2 aromatic heterocycles. The van der Waals surface area contributed by atoms with Crippen molar-refractivity contribution < 1.29 is 9.59 Å². The Balaban J connectivity index is 1.35. The van der Waals surface area contributed by atoms with Crippen molar-refractivity contribution >= 4 is 23.2 Å². The maximum atomic E-state index is 13.1. The fourth-order valence-corrected chi connectivity index (χ4v) is 4.63. The summed E-state index contributed by atoms with van der Waals surface area (Å²) in [7, 11) is 3.70. The molecule has 2 aliphatic rings. The van der Waals surface area contributed by atoms with Crippen LogP contribution in [-0.2, 0) is 11.2 Å². The van der Waals surface area contributed by atoms with Crippen LogP contribution in [0.4, 0.5) is 5.69 Å². The van der Waals surface area contributed by atoms with E-state index in [1.54, 1.807) is 19.2 Å². The second-order valence-electron chi connectivity index (χ2n) is 9.06. The fraction of sp³-hybridized carbons (Fsp3) is 0.346. The van der Waals surface area contributed by atoms with Crippen molar-refractivity contribution in [1.29, 1.82) is 0 Å². The first-order valence-electron chi connectivity index (χ1n) is 11.9. The third-order valence-corrected chi connectivity index (χ3v) is 6.71. The fourth-order valence-electron chi connectivity index (χ4n) is 4.63. The quantitative estimate of drug-likeness (QED) is 0.595. The lowest BCUT2D eigenvalue weighted by molar-refractivity contribution is -0.110. The molecule has 1 fully saturated rings. The number of hydrogen-bond acceptors (Lipinski definition) is 6. The first-order chi connectivity index (χ1) is 17.0. The van der Waals surface area contributed by atoms with E-state index in [1.165, 1.54) is 6.20 Å². The van der Waals surface area contributed by atoms with Crippen molar-refractivity contribution in [3.63, 3.8) is 0 Å². The molecule has 1 saturated heterocycles. The van der Waals surface area contributed by atoms with Gasteiger partial charge in [-0.25, -0.2) is 4.98 Å². The molecule has 0 atom stereocenters. The summed E-state index contributed by atoms with van der Waals surface area (Å²) in [5.41, 5.74) is 5.20. The Morgan fingerprint density at radius 3 is 2.60 bits per heavy atom. The highest BCUT2D eigenvalue weighted by Gasteiger charge is 2.23. The van der Waals surface area contributed by atoms with Crippen LogP contribution in [0.3, 0.4) is 0 Å². The average Bonchev–Trinajstić information content (AvgIpc) is 3.39. The van der Waals surface area contributed by atoms with E-state index in [-0.39, 0.29) is 17.5 Å². The first-order valence-corrected chi connectivity index (χ1v) is 11.9. The second-order valence-corrected chi connectivity index (χ2v) is 9.06. The molecule has 9 heteroatoms. The van der Waals surface area contributed by atoms with Crippen molar-refractivity contribution in [2.45, 2.75) is 25.3 Å². The van der Waals surface area contributed by atoms with Gasteiger partial charge in [0.05, 0.1) is 24.1 Å². The molecule has 0 bridgehead atoms. The van der Waals surface area contributed by atoms with Gasteiger partial charge >= 0.3 is 0 Å². The Labute approximate surface area is 204 Å². The molecule has 2 amide bonds. The van der Waals surface area contributed by atoms with Crippen LogP contribution in [0.15, 0.2) is 53.9 Å². The van der Waals surface area contributed by atoms with E-state index in [1.807, 2.05) is 12.3 Å². The summed E-state index contributed by atoms with van der Waals surface area (Å²) in [4.78, 5) is 35.8. The maximum absolute atomic E-state index is 13.1. The minimum Gasteiger partial charge on any atom is -0.354 e. The number of anilines is 1. The van der Waals surface area contributed by atoms with E-state index in [2.05, 4.69) is 60.7 Å². The van der Waals surface area contributed by atoms with Crippen LogP contribution in [0.2, 0.25) is 0 Å². The van der Waals surface area contributed by atoms with E-state index in [4.69, 9.17) is 0 Å². The summed E-state index contributed by atoms with van der Waals surface area (Å²) in [5, 5.41) is 10.0. The third kappa shape index (κ3) is 4.85. The van der Waals surface area contributed by atoms with Crippen LogP contribution in [-0.4, -0.2) is 70.9 Å². The number of aromatic nitrogens is 3. The molecule has 2 aliphatic heterocycles. The van der Waals surface area contributed by atoms with Gasteiger partial charge in [-0.2, -0.15) is 5.10 Å². The van der Waals surface area contributed by atoms with Crippen molar-refractivity contribution in [1.82, 2.24) is 25.0 Å². The second kappa shape index (κ2) is 9.79. The van der Waals surface area contributed by atoms with Gasteiger partial charge in [0.15, 0.2) is 0 Å². The summed E-state index contributed by atoms with van der Waals surface area (Å²) in [6, 6.07) is 9.87. The predicted molar refractivity (Wildman–Crippen MR) is 135 cm³/mol. The Bertz CT molecular complexity index is 1270. The van der Waals surface area contributed by atoms with Crippen LogP contribution in [0.1, 0.15) is 40.5 Å². The molecule has 35 heavy (non-hydrogen) atoms. The minimum atomic E-state index is -0.292. The zero-order valence-corrected chi connectivity index (χ0v) is 20.0. The molecule has 180 valence electrons. The average molecular weight is 472 g/mol. The molecule has 3 aromatic rings. The van der Waals surface area contributed by atoms with Gasteiger partial charge in [0.1, 0.15) is 11.4 Å². The number of carbonyl (C=O) groups excluding carboxylic acids is 2. The maximum Gasteiger partial charge on any atom is 0.274 e. The van der Waals surface area contributed by atoms with E-state index >= 15 is 0 Å². The van der Waals surface area contributed by atoms with E-state index < -0.39 is 0 Å². The van der Waals surface area contributed by atoms with Gasteiger partial charge in [0, 0.05) is 30.9 Å². The number of piperidine rings is 1. The number of nitrogens with zero attached hydrogens (tertiary/aromatic N) is 5. The Morgan fingerprint density at radius 2 is 1.86 bits per heavy atom. The highest BCUT2D eigenvalue weighted by atomic mass is 16.2. The standard InChI is InChI=1S/C26H29N7O2/c1-27-25(34)23-6-5-20(15-29-23)31-26(35)24-22-13-18(4-3-17(22)7-10-28-24)19-14-30-33(16-19)21-8-11-32(2)12-9-21/h3-6,13-16,21H,7-12H2,1-2H3,(H,27,34)(H,31,35). The molecule has 1 aromatic carbocycles. The molecule has 0 unspecified atom stereocenters. The van der Waals surface area contributed by atoms with Gasteiger partial charge < -0.3 is 15.5 Å². The monoisotopic (exact) mass is 471 g/mol. The lowest BCUT2D eigenvalue weighted by Gasteiger charge is -2.28. The number of nitrogens with one attached hydrogen (secondary N) is 2. The zero-order valence-electron chi connectivity index (χ0n) is 20.0. The van der Waals surface area contributed by atoms with E-state index in [0.29, 0.717) is 24.0 Å². The molecule has 0 spiro atoms. The Kier molecular flexibility index (Phi) is 6.41. The zero-order chi connectivity index (χ0) is 24.4. The van der Waals surface area contributed by atoms with Crippen molar-refractivity contribution in [3.05, 3.63) is 65.7 Å². The van der Waals surface area contributed by atoms with Gasteiger partial charge in [-0.15, -0.1) is 0 Å². The number of pyridine rings is 1. The van der Waals surface area contributed by atoms with Crippen LogP contribution in [0.5, 0.6) is 0 Å². The number of carbonyl (C=O) groups is 2. The Hall–Kier alpha value is -3.85. The summed E-state index contributed by atoms with van der Waals surface area (Å²) in [6.07, 6.45) is 8.47. The molecular weight excluding hydrogens is 442 g/mol. The molecule has 5 rings (SSSR count). The molecule has 9 nitrogen and oxygen atoms in total. The van der Waals surface area contributed by atoms with Gasteiger partial charge in [-0.1, -0.05) is 12.1 Å². The van der Waals surface area contributed by atoms with Crippen molar-refractivity contribution in [2.24, 2.45) is 4.99 Å². The number of likely N-dealkylation sites (tertiary alicyclic amines) is 1. The number of benzene rings is 1. The largest absolute Gasteiger partial charge is 0.354 e. The molecule has 4 heterocycles. The summed E-state index contributed by atoms with van der Waals surface area (Å²) in [6.45, 7) is 2.73. The van der Waals surface area contributed by atoms with Crippen molar-refractivity contribution in [2.75, 3.05) is 39.0 Å². The molecular formula is C26H29N7O2. The number of fused-ring (bicyclic) bond motifs is 1. The topological polar surface area (TPSA) is 105 Å². The van der Waals surface area contributed by atoms with Gasteiger partial charge in [-0.3, -0.25) is 19.3 Å². The smallest absolute Gasteiger partial charge is 0.274 e. The minimum absolute atomic E-state index is 0.278. The number of amides is 2. The third-order valence-electron chi connectivity index (χ3n) is 6.71. The normalized spacial score (nSPS) is 16.3. The summed E-state index contributed by atoms with van der Waals surface area (Å²) < 4.78 is 2.08. The number of aliphatic imine (C=N–C) groups is 1. The van der Waals surface area contributed by atoms with Crippen LogP contribution < -0.4 is 10.6 Å². The number of rotatable bonds is 5. The molecule has 0 saturated carbocycles. The lowest BCUT2D eigenvalue weighted by Crippen LogP contribution is -2.31. The SMILES string of the molecule is CNC(=O)c1ccc(NC(=O)C2=NCCc3ccc(-c4cnn(C5CCN(C)CC5)c4)cc32)cn1. The van der Waals surface area contributed by atoms with Crippen molar-refractivity contribution in [3.8, 4) is 11.1 Å². The summed E-state index contributed by atoms with van der Waals surface area (Å²) in [5.74, 6) is -0.570. The van der Waals surface area contributed by atoms with E-state index in [0.717, 1.165) is 54.6 Å². The molecule has 0 aliphatic carbocycles. The van der Waals surface area contributed by atoms with Crippen LogP contribution >= 0.6 is 0 Å². The van der Waals surface area contributed by atoms with Crippen LogP contribution in [0, 0.1) is 0 Å². The van der Waals surface area contributed by atoms with Gasteiger partial charge in [0.25, 0.3) is 11.8 Å². The first kappa shape index (κ1) is 22.9. The van der Waals surface area contributed by atoms with Gasteiger partial charge in [0.2, 0.25) is 0 Å². The Morgan fingerprint density at radius 1 is 1.03 bits per heavy atom. The van der Waals surface area contributed by atoms with E-state index in [9.17, 15) is 9.59 Å². The predicted octanol–water partition coefficient (Wildman–Crippen LogP) is 2.56. The highest BCUT2D eigenvalue weighted by molar-refractivity contribution is 6.49. The molecule has 0 radical (unpaired) electrons. The lowest BCUT2D eigenvalue weighted by atomic mass is 9.93. The van der Waals surface area contributed by atoms with Crippen LogP contribution in [0.25, 0.3) is 11.1 Å². The summed E-state index contributed by atoms with van der Waals surface area (Å²) >= 11 is 0. The highest BCUT2D eigenvalue weighted by Crippen LogP contribution is 2.28. The van der Waals surface area contributed by atoms with Gasteiger partial charge in [-0.05, 0) is 68.7 Å². The molecule has 2 N–H and O–H groups in total.